The minimum Gasteiger partial charge on any atom is -0.361 e. The Bertz CT molecular complexity index is 998. The maximum Gasteiger partial charge on any atom is 0.227 e. The Balaban J connectivity index is 1.26. The third-order valence-corrected chi connectivity index (χ3v) is 5.75. The van der Waals surface area contributed by atoms with Gasteiger partial charge in [-0.1, -0.05) is 48.0 Å². The van der Waals surface area contributed by atoms with Crippen molar-refractivity contribution in [2.24, 2.45) is 0 Å². The van der Waals surface area contributed by atoms with Crippen LogP contribution in [0.2, 0.25) is 0 Å². The van der Waals surface area contributed by atoms with Crippen LogP contribution < -0.4 is 0 Å². The number of nitrogens with one attached hydrogen (secondary N) is 1. The Labute approximate surface area is 171 Å². The molecule has 1 saturated heterocycles. The monoisotopic (exact) mass is 389 g/mol. The van der Waals surface area contributed by atoms with E-state index in [1.807, 2.05) is 40.3 Å². The molecule has 1 aromatic heterocycles. The number of carbonyl (C=O) groups is 2. The van der Waals surface area contributed by atoms with Gasteiger partial charge >= 0.3 is 0 Å². The number of amides is 2. The van der Waals surface area contributed by atoms with Gasteiger partial charge in [0.2, 0.25) is 11.8 Å². The summed E-state index contributed by atoms with van der Waals surface area (Å²) in [6.45, 7) is 4.52. The van der Waals surface area contributed by atoms with Crippen molar-refractivity contribution in [2.75, 3.05) is 26.2 Å². The Kier molecular flexibility index (Phi) is 5.65. The topological polar surface area (TPSA) is 56.4 Å². The summed E-state index contributed by atoms with van der Waals surface area (Å²) < 4.78 is 0. The number of fused-ring (bicyclic) bond motifs is 1. The molecule has 0 unspecified atom stereocenters. The normalized spacial score (nSPS) is 14.4. The van der Waals surface area contributed by atoms with Crippen molar-refractivity contribution >= 4 is 22.7 Å². The van der Waals surface area contributed by atoms with Crippen molar-refractivity contribution < 1.29 is 9.59 Å². The number of hydrogen-bond acceptors (Lipinski definition) is 2. The van der Waals surface area contributed by atoms with E-state index in [2.05, 4.69) is 36.2 Å². The van der Waals surface area contributed by atoms with Crippen molar-refractivity contribution in [2.45, 2.75) is 26.2 Å². The third-order valence-electron chi connectivity index (χ3n) is 5.75. The van der Waals surface area contributed by atoms with Gasteiger partial charge in [-0.15, -0.1) is 0 Å². The van der Waals surface area contributed by atoms with E-state index in [-0.39, 0.29) is 11.8 Å². The van der Waals surface area contributed by atoms with Crippen LogP contribution in [-0.2, 0) is 22.4 Å². The van der Waals surface area contributed by atoms with Gasteiger partial charge in [-0.3, -0.25) is 9.59 Å². The molecule has 2 aromatic carbocycles. The number of aryl methyl sites for hydroxylation is 2. The molecule has 29 heavy (non-hydrogen) atoms. The van der Waals surface area contributed by atoms with Gasteiger partial charge in [-0.25, -0.2) is 0 Å². The highest BCUT2D eigenvalue weighted by atomic mass is 16.2. The van der Waals surface area contributed by atoms with Crippen LogP contribution in [0.4, 0.5) is 0 Å². The Morgan fingerprint density at radius 1 is 0.897 bits per heavy atom. The first-order chi connectivity index (χ1) is 14.1. The van der Waals surface area contributed by atoms with Crippen LogP contribution in [0, 0.1) is 6.92 Å². The molecular formula is C24H27N3O2. The SMILES string of the molecule is Cc1ccc(CCC(=O)N2CCN(C(=O)Cc3c[nH]c4ccccc34)CC2)cc1. The molecule has 2 heterocycles. The van der Waals surface area contributed by atoms with Crippen LogP contribution in [0.25, 0.3) is 10.9 Å². The van der Waals surface area contributed by atoms with E-state index in [0.29, 0.717) is 39.0 Å². The van der Waals surface area contributed by atoms with Crippen LogP contribution >= 0.6 is 0 Å². The largest absolute Gasteiger partial charge is 0.361 e. The predicted octanol–water partition coefficient (Wildman–Crippen LogP) is 3.32. The summed E-state index contributed by atoms with van der Waals surface area (Å²) in [7, 11) is 0. The average molecular weight is 389 g/mol. The van der Waals surface area contributed by atoms with E-state index in [0.717, 1.165) is 22.9 Å². The molecule has 1 aliphatic heterocycles. The predicted molar refractivity (Wildman–Crippen MR) is 115 cm³/mol. The number of benzene rings is 2. The van der Waals surface area contributed by atoms with E-state index >= 15 is 0 Å². The molecular weight excluding hydrogens is 362 g/mol. The highest BCUT2D eigenvalue weighted by Crippen LogP contribution is 2.19. The van der Waals surface area contributed by atoms with Gasteiger partial charge in [0, 0.05) is 49.7 Å². The Morgan fingerprint density at radius 2 is 1.55 bits per heavy atom. The number of aromatic amines is 1. The molecule has 0 spiro atoms. The number of hydrogen-bond donors (Lipinski definition) is 1. The van der Waals surface area contributed by atoms with Gasteiger partial charge < -0.3 is 14.8 Å². The zero-order valence-electron chi connectivity index (χ0n) is 16.9. The maximum absolute atomic E-state index is 12.7. The molecule has 1 aliphatic rings. The lowest BCUT2D eigenvalue weighted by Crippen LogP contribution is -2.51. The molecule has 5 heteroatoms. The lowest BCUT2D eigenvalue weighted by Gasteiger charge is -2.35. The minimum atomic E-state index is 0.126. The molecule has 1 N–H and O–H groups in total. The van der Waals surface area contributed by atoms with Crippen LogP contribution in [0.3, 0.4) is 0 Å². The Morgan fingerprint density at radius 3 is 2.28 bits per heavy atom. The van der Waals surface area contributed by atoms with Gasteiger partial charge in [-0.05, 0) is 30.5 Å². The zero-order valence-corrected chi connectivity index (χ0v) is 16.9. The molecule has 0 aliphatic carbocycles. The summed E-state index contributed by atoms with van der Waals surface area (Å²) in [5, 5.41) is 1.10. The Hall–Kier alpha value is -3.08. The zero-order chi connectivity index (χ0) is 20.2. The number of nitrogens with zero attached hydrogens (tertiary/aromatic N) is 2. The first kappa shape index (κ1) is 19.2. The fourth-order valence-corrected chi connectivity index (χ4v) is 3.92. The highest BCUT2D eigenvalue weighted by Gasteiger charge is 2.24. The summed E-state index contributed by atoms with van der Waals surface area (Å²) in [4.78, 5) is 32.3. The molecule has 0 bridgehead atoms. The first-order valence-corrected chi connectivity index (χ1v) is 10.3. The number of rotatable bonds is 5. The number of aromatic nitrogens is 1. The lowest BCUT2D eigenvalue weighted by atomic mass is 10.1. The van der Waals surface area contributed by atoms with Crippen molar-refractivity contribution in [3.05, 3.63) is 71.4 Å². The van der Waals surface area contributed by atoms with Crippen LogP contribution in [0.5, 0.6) is 0 Å². The second kappa shape index (κ2) is 8.52. The number of para-hydroxylation sites is 1. The summed E-state index contributed by atoms with van der Waals surface area (Å²) in [5.74, 6) is 0.302. The molecule has 0 saturated carbocycles. The summed E-state index contributed by atoms with van der Waals surface area (Å²) in [6.07, 6.45) is 3.60. The fraction of sp³-hybridized carbons (Fsp3) is 0.333. The van der Waals surface area contributed by atoms with Gasteiger partial charge in [0.25, 0.3) is 0 Å². The average Bonchev–Trinajstić information content (AvgIpc) is 3.16. The number of piperazine rings is 1. The molecule has 5 nitrogen and oxygen atoms in total. The van der Waals surface area contributed by atoms with Crippen molar-refractivity contribution in [3.63, 3.8) is 0 Å². The smallest absolute Gasteiger partial charge is 0.227 e. The van der Waals surface area contributed by atoms with Crippen LogP contribution in [0.1, 0.15) is 23.1 Å². The molecule has 1 fully saturated rings. The first-order valence-electron chi connectivity index (χ1n) is 10.3. The second-order valence-electron chi connectivity index (χ2n) is 7.78. The van der Waals surface area contributed by atoms with Gasteiger partial charge in [0.05, 0.1) is 6.42 Å². The maximum atomic E-state index is 12.7. The molecule has 2 amide bonds. The van der Waals surface area contributed by atoms with Gasteiger partial charge in [-0.2, -0.15) is 0 Å². The molecule has 0 atom stereocenters. The summed E-state index contributed by atoms with van der Waals surface area (Å²) in [6, 6.07) is 16.4. The van der Waals surface area contributed by atoms with E-state index in [9.17, 15) is 9.59 Å². The number of carbonyl (C=O) groups excluding carboxylic acids is 2. The second-order valence-corrected chi connectivity index (χ2v) is 7.78. The summed E-state index contributed by atoms with van der Waals surface area (Å²) >= 11 is 0. The molecule has 3 aromatic rings. The van der Waals surface area contributed by atoms with Crippen molar-refractivity contribution in [3.8, 4) is 0 Å². The highest BCUT2D eigenvalue weighted by molar-refractivity contribution is 5.89. The van der Waals surface area contributed by atoms with E-state index in [4.69, 9.17) is 0 Å². The summed E-state index contributed by atoms with van der Waals surface area (Å²) in [5.41, 5.74) is 4.51. The molecule has 150 valence electrons. The number of H-pyrrole nitrogens is 1. The minimum absolute atomic E-state index is 0.126. The van der Waals surface area contributed by atoms with E-state index in [1.165, 1.54) is 11.1 Å². The third kappa shape index (κ3) is 4.50. The van der Waals surface area contributed by atoms with Crippen LogP contribution in [0.15, 0.2) is 54.7 Å². The van der Waals surface area contributed by atoms with E-state index < -0.39 is 0 Å². The van der Waals surface area contributed by atoms with Crippen molar-refractivity contribution in [1.29, 1.82) is 0 Å². The van der Waals surface area contributed by atoms with Crippen molar-refractivity contribution in [1.82, 2.24) is 14.8 Å². The molecule has 4 rings (SSSR count). The van der Waals surface area contributed by atoms with E-state index in [1.54, 1.807) is 0 Å². The van der Waals surface area contributed by atoms with Gasteiger partial charge in [0.15, 0.2) is 0 Å². The fourth-order valence-electron chi connectivity index (χ4n) is 3.92. The lowest BCUT2D eigenvalue weighted by molar-refractivity contribution is -0.139. The standard InChI is InChI=1S/C24H27N3O2/c1-18-6-8-19(9-7-18)10-11-23(28)26-12-14-27(15-13-26)24(29)16-20-17-25-22-5-3-2-4-21(20)22/h2-9,17,25H,10-16H2,1H3. The quantitative estimate of drug-likeness (QED) is 0.728. The van der Waals surface area contributed by atoms with Crippen LogP contribution in [-0.4, -0.2) is 52.8 Å². The van der Waals surface area contributed by atoms with Gasteiger partial charge in [0.1, 0.15) is 0 Å². The molecule has 0 radical (unpaired) electrons.